The van der Waals surface area contributed by atoms with E-state index in [4.69, 9.17) is 5.73 Å². The van der Waals surface area contributed by atoms with Crippen LogP contribution in [0.25, 0.3) is 0 Å². The SMILES string of the molecule is Nc1ccc(C(=O)NCc2ccccc2C(F)(F)F)cn1. The van der Waals surface area contributed by atoms with Crippen molar-refractivity contribution in [1.29, 1.82) is 0 Å². The molecule has 0 unspecified atom stereocenters. The van der Waals surface area contributed by atoms with E-state index < -0.39 is 17.6 Å². The molecule has 0 spiro atoms. The second kappa shape index (κ2) is 5.82. The van der Waals surface area contributed by atoms with E-state index >= 15 is 0 Å². The quantitative estimate of drug-likeness (QED) is 0.914. The second-order valence-corrected chi connectivity index (χ2v) is 4.31. The van der Waals surface area contributed by atoms with Crippen molar-refractivity contribution in [3.63, 3.8) is 0 Å². The number of carbonyl (C=O) groups excluding carboxylic acids is 1. The van der Waals surface area contributed by atoms with Crippen molar-refractivity contribution in [1.82, 2.24) is 10.3 Å². The summed E-state index contributed by atoms with van der Waals surface area (Å²) in [5.74, 6) is -0.256. The molecule has 2 rings (SSSR count). The van der Waals surface area contributed by atoms with Crippen molar-refractivity contribution in [3.8, 4) is 0 Å². The third kappa shape index (κ3) is 3.71. The minimum Gasteiger partial charge on any atom is -0.384 e. The molecule has 1 amide bonds. The number of nitrogen functional groups attached to an aromatic ring is 1. The highest BCUT2D eigenvalue weighted by Crippen LogP contribution is 2.31. The van der Waals surface area contributed by atoms with E-state index in [9.17, 15) is 18.0 Å². The molecular weight excluding hydrogens is 283 g/mol. The number of hydrogen-bond donors (Lipinski definition) is 2. The predicted octanol–water partition coefficient (Wildman–Crippen LogP) is 2.61. The van der Waals surface area contributed by atoms with Gasteiger partial charge in [-0.15, -0.1) is 0 Å². The van der Waals surface area contributed by atoms with Gasteiger partial charge in [0.2, 0.25) is 0 Å². The molecule has 7 heteroatoms. The lowest BCUT2D eigenvalue weighted by Crippen LogP contribution is -2.24. The Morgan fingerprint density at radius 1 is 1.19 bits per heavy atom. The van der Waals surface area contributed by atoms with E-state index in [1.54, 1.807) is 0 Å². The number of halogens is 3. The number of amides is 1. The summed E-state index contributed by atoms with van der Waals surface area (Å²) >= 11 is 0. The first kappa shape index (κ1) is 14.8. The maximum atomic E-state index is 12.8. The summed E-state index contributed by atoms with van der Waals surface area (Å²) in [7, 11) is 0. The molecule has 0 aliphatic carbocycles. The lowest BCUT2D eigenvalue weighted by Gasteiger charge is -2.13. The van der Waals surface area contributed by atoms with Gasteiger partial charge in [-0.3, -0.25) is 4.79 Å². The number of nitrogens with one attached hydrogen (secondary N) is 1. The topological polar surface area (TPSA) is 68.0 Å². The number of nitrogens with zero attached hydrogens (tertiary/aromatic N) is 1. The Hall–Kier alpha value is -2.57. The molecule has 0 atom stereocenters. The fraction of sp³-hybridized carbons (Fsp3) is 0.143. The highest BCUT2D eigenvalue weighted by Gasteiger charge is 2.32. The third-order valence-corrected chi connectivity index (χ3v) is 2.81. The summed E-state index contributed by atoms with van der Waals surface area (Å²) in [5.41, 5.74) is 4.86. The molecule has 0 bridgehead atoms. The summed E-state index contributed by atoms with van der Waals surface area (Å²) in [5, 5.41) is 2.43. The first-order valence-corrected chi connectivity index (χ1v) is 6.03. The second-order valence-electron chi connectivity index (χ2n) is 4.31. The minimum absolute atomic E-state index is 0.00162. The van der Waals surface area contributed by atoms with Crippen molar-refractivity contribution in [2.45, 2.75) is 12.7 Å². The monoisotopic (exact) mass is 295 g/mol. The van der Waals surface area contributed by atoms with E-state index in [-0.39, 0.29) is 23.5 Å². The molecule has 1 aromatic carbocycles. The lowest BCUT2D eigenvalue weighted by atomic mass is 10.1. The fourth-order valence-corrected chi connectivity index (χ4v) is 1.77. The lowest BCUT2D eigenvalue weighted by molar-refractivity contribution is -0.138. The van der Waals surface area contributed by atoms with Crippen LogP contribution in [0.5, 0.6) is 0 Å². The molecule has 0 fully saturated rings. The Kier molecular flexibility index (Phi) is 4.11. The van der Waals surface area contributed by atoms with Crippen molar-refractivity contribution >= 4 is 11.7 Å². The van der Waals surface area contributed by atoms with Crippen LogP contribution < -0.4 is 11.1 Å². The number of alkyl halides is 3. The first-order valence-electron chi connectivity index (χ1n) is 6.03. The summed E-state index contributed by atoms with van der Waals surface area (Å²) < 4.78 is 38.4. The van der Waals surface area contributed by atoms with Crippen LogP contribution in [0.15, 0.2) is 42.6 Å². The zero-order chi connectivity index (χ0) is 15.5. The van der Waals surface area contributed by atoms with Crippen LogP contribution in [0, 0.1) is 0 Å². The van der Waals surface area contributed by atoms with E-state index in [0.717, 1.165) is 6.07 Å². The highest BCUT2D eigenvalue weighted by atomic mass is 19.4. The van der Waals surface area contributed by atoms with Crippen LogP contribution in [0.4, 0.5) is 19.0 Å². The van der Waals surface area contributed by atoms with Gasteiger partial charge in [0.25, 0.3) is 5.91 Å². The number of aromatic nitrogens is 1. The number of carbonyl (C=O) groups is 1. The summed E-state index contributed by atoms with van der Waals surface area (Å²) in [6, 6.07) is 7.99. The summed E-state index contributed by atoms with van der Waals surface area (Å²) in [6.45, 7) is -0.223. The van der Waals surface area contributed by atoms with E-state index in [0.29, 0.717) is 0 Å². The Bertz CT molecular complexity index is 639. The number of hydrogen-bond acceptors (Lipinski definition) is 3. The molecule has 0 radical (unpaired) electrons. The summed E-state index contributed by atoms with van der Waals surface area (Å²) in [6.07, 6.45) is -3.19. The van der Waals surface area contributed by atoms with Crippen molar-refractivity contribution in [3.05, 3.63) is 59.3 Å². The molecule has 1 heterocycles. The van der Waals surface area contributed by atoms with Gasteiger partial charge in [-0.05, 0) is 23.8 Å². The van der Waals surface area contributed by atoms with Crippen LogP contribution >= 0.6 is 0 Å². The Labute approximate surface area is 118 Å². The van der Waals surface area contributed by atoms with Crippen molar-refractivity contribution in [2.75, 3.05) is 5.73 Å². The fourth-order valence-electron chi connectivity index (χ4n) is 1.77. The van der Waals surface area contributed by atoms with Gasteiger partial charge >= 0.3 is 6.18 Å². The van der Waals surface area contributed by atoms with Gasteiger partial charge in [-0.1, -0.05) is 18.2 Å². The van der Waals surface area contributed by atoms with Gasteiger partial charge in [0, 0.05) is 12.7 Å². The van der Waals surface area contributed by atoms with Gasteiger partial charge in [0.15, 0.2) is 0 Å². The van der Waals surface area contributed by atoms with Crippen molar-refractivity contribution < 1.29 is 18.0 Å². The Morgan fingerprint density at radius 2 is 1.90 bits per heavy atom. The maximum absolute atomic E-state index is 12.8. The standard InChI is InChI=1S/C14H12F3N3O/c15-14(16,17)11-4-2-1-3-9(11)7-20-13(21)10-5-6-12(18)19-8-10/h1-6,8H,7H2,(H2,18,19)(H,20,21). The minimum atomic E-state index is -4.45. The van der Waals surface area contributed by atoms with Crippen molar-refractivity contribution in [2.24, 2.45) is 0 Å². The molecule has 0 aliphatic heterocycles. The highest BCUT2D eigenvalue weighted by molar-refractivity contribution is 5.93. The Balaban J connectivity index is 2.10. The smallest absolute Gasteiger partial charge is 0.384 e. The largest absolute Gasteiger partial charge is 0.416 e. The number of benzene rings is 1. The average Bonchev–Trinajstić information content (AvgIpc) is 2.45. The number of anilines is 1. The molecule has 4 nitrogen and oxygen atoms in total. The molecular formula is C14H12F3N3O. The molecule has 21 heavy (non-hydrogen) atoms. The molecule has 0 saturated carbocycles. The van der Waals surface area contributed by atoms with Gasteiger partial charge in [0.05, 0.1) is 11.1 Å². The number of nitrogens with two attached hydrogens (primary N) is 1. The molecule has 1 aromatic heterocycles. The van der Waals surface area contributed by atoms with Crippen LogP contribution in [0.3, 0.4) is 0 Å². The average molecular weight is 295 g/mol. The molecule has 0 saturated heterocycles. The first-order chi connectivity index (χ1) is 9.88. The van der Waals surface area contributed by atoms with Gasteiger partial charge in [-0.2, -0.15) is 13.2 Å². The van der Waals surface area contributed by atoms with E-state index in [1.807, 2.05) is 0 Å². The summed E-state index contributed by atoms with van der Waals surface area (Å²) in [4.78, 5) is 15.6. The normalized spacial score (nSPS) is 11.2. The molecule has 2 aromatic rings. The van der Waals surface area contributed by atoms with Crippen LogP contribution in [-0.4, -0.2) is 10.9 Å². The molecule has 3 N–H and O–H groups in total. The molecule has 0 aliphatic rings. The zero-order valence-corrected chi connectivity index (χ0v) is 10.8. The van der Waals surface area contributed by atoms with Crippen LogP contribution in [0.2, 0.25) is 0 Å². The van der Waals surface area contributed by atoms with E-state index in [1.165, 1.54) is 36.5 Å². The third-order valence-electron chi connectivity index (χ3n) is 2.81. The van der Waals surface area contributed by atoms with Crippen LogP contribution in [0.1, 0.15) is 21.5 Å². The number of pyridine rings is 1. The maximum Gasteiger partial charge on any atom is 0.416 e. The zero-order valence-electron chi connectivity index (χ0n) is 10.8. The van der Waals surface area contributed by atoms with E-state index in [2.05, 4.69) is 10.3 Å². The predicted molar refractivity (Wildman–Crippen MR) is 71.3 cm³/mol. The Morgan fingerprint density at radius 3 is 2.52 bits per heavy atom. The van der Waals surface area contributed by atoms with Crippen LogP contribution in [-0.2, 0) is 12.7 Å². The van der Waals surface area contributed by atoms with Gasteiger partial charge < -0.3 is 11.1 Å². The van der Waals surface area contributed by atoms with Gasteiger partial charge in [0.1, 0.15) is 5.82 Å². The van der Waals surface area contributed by atoms with Gasteiger partial charge in [-0.25, -0.2) is 4.98 Å². The molecule has 110 valence electrons. The number of rotatable bonds is 3.